The van der Waals surface area contributed by atoms with Crippen molar-refractivity contribution >= 4 is 33.7 Å². The van der Waals surface area contributed by atoms with Crippen molar-refractivity contribution in [2.45, 2.75) is 20.5 Å². The Morgan fingerprint density at radius 3 is 2.41 bits per heavy atom. The number of benzene rings is 4. The van der Waals surface area contributed by atoms with Gasteiger partial charge in [-0.2, -0.15) is 5.26 Å². The van der Waals surface area contributed by atoms with Crippen LogP contribution in [0.3, 0.4) is 0 Å². The van der Waals surface area contributed by atoms with Crippen molar-refractivity contribution in [1.29, 1.82) is 5.26 Å². The summed E-state index contributed by atoms with van der Waals surface area (Å²) < 4.78 is 11.6. The smallest absolute Gasteiger partial charge is 0.221 e. The van der Waals surface area contributed by atoms with Crippen LogP contribution >= 0.6 is 0 Å². The summed E-state index contributed by atoms with van der Waals surface area (Å²) in [7, 11) is 0. The van der Waals surface area contributed by atoms with Crippen LogP contribution in [0.25, 0.3) is 10.8 Å². The van der Waals surface area contributed by atoms with E-state index in [-0.39, 0.29) is 5.91 Å². The van der Waals surface area contributed by atoms with Crippen LogP contribution in [-0.2, 0) is 11.4 Å². The van der Waals surface area contributed by atoms with E-state index in [1.54, 1.807) is 6.07 Å². The summed E-state index contributed by atoms with van der Waals surface area (Å²) >= 11 is 0. The first-order valence-corrected chi connectivity index (χ1v) is 11.0. The van der Waals surface area contributed by atoms with Gasteiger partial charge in [-0.25, -0.2) is 0 Å². The second-order valence-corrected chi connectivity index (χ2v) is 7.71. The van der Waals surface area contributed by atoms with E-state index >= 15 is 0 Å². The molecule has 0 aliphatic rings. The molecule has 4 rings (SSSR count). The molecule has 0 saturated carbocycles. The molecule has 0 saturated heterocycles. The van der Waals surface area contributed by atoms with E-state index in [1.807, 2.05) is 79.7 Å². The second kappa shape index (κ2) is 10.4. The fourth-order valence-electron chi connectivity index (χ4n) is 3.66. The van der Waals surface area contributed by atoms with Crippen molar-refractivity contribution in [3.63, 3.8) is 0 Å². The maximum absolute atomic E-state index is 11.7. The second-order valence-electron chi connectivity index (χ2n) is 7.71. The highest BCUT2D eigenvalue weighted by Gasteiger charge is 2.14. The number of hydrogen-bond acceptors (Lipinski definition) is 5. The van der Waals surface area contributed by atoms with E-state index in [4.69, 9.17) is 9.47 Å². The molecule has 6 nitrogen and oxygen atoms in total. The number of carbonyl (C=O) groups is 1. The SMILES string of the molecule is CCOc1cc2ccc(C#N)c(Nc3ccc(OCc4ccccc4)cc3)c2cc1NC(C)=O. The molecule has 0 atom stereocenters. The molecule has 0 aliphatic heterocycles. The van der Waals surface area contributed by atoms with Crippen LogP contribution in [0, 0.1) is 11.3 Å². The van der Waals surface area contributed by atoms with Crippen molar-refractivity contribution in [1.82, 2.24) is 0 Å². The lowest BCUT2D eigenvalue weighted by atomic mass is 10.0. The highest BCUT2D eigenvalue weighted by molar-refractivity contribution is 6.03. The van der Waals surface area contributed by atoms with Gasteiger partial charge in [-0.1, -0.05) is 36.4 Å². The zero-order valence-electron chi connectivity index (χ0n) is 19.1. The first-order valence-electron chi connectivity index (χ1n) is 11.0. The van der Waals surface area contributed by atoms with Crippen LogP contribution in [0.2, 0.25) is 0 Å². The molecule has 0 unspecified atom stereocenters. The third kappa shape index (κ3) is 5.28. The number of rotatable bonds is 8. The molecule has 0 fully saturated rings. The molecule has 0 heterocycles. The predicted octanol–water partition coefficient (Wildman–Crippen LogP) is 6.39. The first kappa shape index (κ1) is 22.7. The summed E-state index contributed by atoms with van der Waals surface area (Å²) in [6, 6.07) is 27.2. The van der Waals surface area contributed by atoms with Gasteiger partial charge in [-0.05, 0) is 60.3 Å². The van der Waals surface area contributed by atoms with Crippen LogP contribution in [0.5, 0.6) is 11.5 Å². The Hall–Kier alpha value is -4.50. The fourth-order valence-corrected chi connectivity index (χ4v) is 3.66. The zero-order valence-corrected chi connectivity index (χ0v) is 19.1. The van der Waals surface area contributed by atoms with E-state index in [0.717, 1.165) is 27.8 Å². The minimum absolute atomic E-state index is 0.197. The number of ether oxygens (including phenoxy) is 2. The van der Waals surface area contributed by atoms with Gasteiger partial charge >= 0.3 is 0 Å². The molecule has 0 bridgehead atoms. The minimum Gasteiger partial charge on any atom is -0.492 e. The standard InChI is InChI=1S/C28H25N3O3/c1-3-33-27-15-21-9-10-22(17-29)28(25(21)16-26(27)30-19(2)32)31-23-11-13-24(14-12-23)34-18-20-7-5-4-6-8-20/h4-16,31H,3,18H2,1-2H3,(H,30,32). The minimum atomic E-state index is -0.197. The Kier molecular flexibility index (Phi) is 6.95. The summed E-state index contributed by atoms with van der Waals surface area (Å²) in [5, 5.41) is 17.6. The van der Waals surface area contributed by atoms with Crippen LogP contribution in [0.1, 0.15) is 25.0 Å². The molecule has 0 aliphatic carbocycles. The van der Waals surface area contributed by atoms with Gasteiger partial charge in [-0.3, -0.25) is 4.79 Å². The molecule has 6 heteroatoms. The highest BCUT2D eigenvalue weighted by Crippen LogP contribution is 2.37. The number of amides is 1. The zero-order chi connectivity index (χ0) is 23.9. The maximum Gasteiger partial charge on any atom is 0.221 e. The summed E-state index contributed by atoms with van der Waals surface area (Å²) in [5.74, 6) is 1.14. The summed E-state index contributed by atoms with van der Waals surface area (Å²) in [6.07, 6.45) is 0. The summed E-state index contributed by atoms with van der Waals surface area (Å²) in [4.78, 5) is 11.7. The number of nitrogens with one attached hydrogen (secondary N) is 2. The van der Waals surface area contributed by atoms with Gasteiger partial charge in [0.05, 0.1) is 23.5 Å². The van der Waals surface area contributed by atoms with E-state index in [9.17, 15) is 10.1 Å². The lowest BCUT2D eigenvalue weighted by Gasteiger charge is -2.16. The summed E-state index contributed by atoms with van der Waals surface area (Å²) in [5.41, 5.74) is 3.62. The number of anilines is 3. The van der Waals surface area contributed by atoms with Crippen molar-refractivity contribution in [2.24, 2.45) is 0 Å². The third-order valence-corrected chi connectivity index (χ3v) is 5.22. The largest absolute Gasteiger partial charge is 0.492 e. The monoisotopic (exact) mass is 451 g/mol. The number of carbonyl (C=O) groups excluding carboxylic acids is 1. The Labute approximate surface area is 198 Å². The molecule has 0 radical (unpaired) electrons. The Bertz CT molecular complexity index is 1340. The van der Waals surface area contributed by atoms with E-state index in [0.29, 0.717) is 35.9 Å². The fraction of sp³-hybridized carbons (Fsp3) is 0.143. The highest BCUT2D eigenvalue weighted by atomic mass is 16.5. The van der Waals surface area contributed by atoms with E-state index in [2.05, 4.69) is 16.7 Å². The topological polar surface area (TPSA) is 83.4 Å². The normalized spacial score (nSPS) is 10.4. The summed E-state index contributed by atoms with van der Waals surface area (Å²) in [6.45, 7) is 4.30. The van der Waals surface area contributed by atoms with E-state index in [1.165, 1.54) is 6.92 Å². The molecule has 4 aromatic carbocycles. The van der Waals surface area contributed by atoms with Crippen molar-refractivity contribution in [2.75, 3.05) is 17.2 Å². The molecular weight excluding hydrogens is 426 g/mol. The molecule has 34 heavy (non-hydrogen) atoms. The molecule has 170 valence electrons. The molecule has 0 spiro atoms. The quantitative estimate of drug-likeness (QED) is 0.324. The van der Waals surface area contributed by atoms with E-state index < -0.39 is 0 Å². The molecule has 2 N–H and O–H groups in total. The number of nitriles is 1. The van der Waals surface area contributed by atoms with Crippen LogP contribution in [-0.4, -0.2) is 12.5 Å². The van der Waals surface area contributed by atoms with Crippen molar-refractivity contribution in [3.05, 3.63) is 90.0 Å². The van der Waals surface area contributed by atoms with Gasteiger partial charge in [-0.15, -0.1) is 0 Å². The van der Waals surface area contributed by atoms with Gasteiger partial charge in [0.15, 0.2) is 0 Å². The molecule has 0 aromatic heterocycles. The van der Waals surface area contributed by atoms with Crippen molar-refractivity contribution in [3.8, 4) is 17.6 Å². The van der Waals surface area contributed by atoms with Crippen molar-refractivity contribution < 1.29 is 14.3 Å². The Balaban J connectivity index is 1.63. The maximum atomic E-state index is 11.7. The number of fused-ring (bicyclic) bond motifs is 1. The number of nitrogens with zero attached hydrogens (tertiary/aromatic N) is 1. The average Bonchev–Trinajstić information content (AvgIpc) is 2.85. The lowest BCUT2D eigenvalue weighted by Crippen LogP contribution is -2.08. The van der Waals surface area contributed by atoms with Gasteiger partial charge in [0.2, 0.25) is 5.91 Å². The van der Waals surface area contributed by atoms with Crippen LogP contribution in [0.15, 0.2) is 78.9 Å². The van der Waals surface area contributed by atoms with Gasteiger partial charge < -0.3 is 20.1 Å². The molecule has 1 amide bonds. The molecule has 4 aromatic rings. The lowest BCUT2D eigenvalue weighted by molar-refractivity contribution is -0.114. The van der Waals surface area contributed by atoms with Gasteiger partial charge in [0.25, 0.3) is 0 Å². The number of hydrogen-bond donors (Lipinski definition) is 2. The van der Waals surface area contributed by atoms with Gasteiger partial charge in [0, 0.05) is 18.0 Å². The average molecular weight is 452 g/mol. The molecular formula is C28H25N3O3. The Morgan fingerprint density at radius 1 is 0.971 bits per heavy atom. The predicted molar refractivity (Wildman–Crippen MR) is 135 cm³/mol. The Morgan fingerprint density at radius 2 is 1.74 bits per heavy atom. The van der Waals surface area contributed by atoms with Gasteiger partial charge in [0.1, 0.15) is 24.2 Å². The van der Waals surface area contributed by atoms with Crippen LogP contribution < -0.4 is 20.1 Å². The third-order valence-electron chi connectivity index (χ3n) is 5.22. The van der Waals surface area contributed by atoms with Crippen LogP contribution in [0.4, 0.5) is 17.1 Å². The first-order chi connectivity index (χ1) is 16.6.